The highest BCUT2D eigenvalue weighted by atomic mass is 16.5. The minimum atomic E-state index is -0.773. The Kier molecular flexibility index (Phi) is 7.16. The van der Waals surface area contributed by atoms with E-state index in [9.17, 15) is 9.59 Å². The highest BCUT2D eigenvalue weighted by molar-refractivity contribution is 5.87. The lowest BCUT2D eigenvalue weighted by atomic mass is 10.0. The van der Waals surface area contributed by atoms with Crippen molar-refractivity contribution in [1.29, 1.82) is 0 Å². The molecule has 2 rings (SSSR count). The number of esters is 1. The van der Waals surface area contributed by atoms with Crippen LogP contribution in [-0.2, 0) is 25.5 Å². The molecular weight excluding hydrogens is 318 g/mol. The fraction of sp³-hybridized carbons (Fsp3) is 0.300. The van der Waals surface area contributed by atoms with Gasteiger partial charge in [0.15, 0.2) is 6.10 Å². The summed E-state index contributed by atoms with van der Waals surface area (Å²) in [5, 5.41) is 2.75. The smallest absolute Gasteiger partial charge is 0.328 e. The van der Waals surface area contributed by atoms with Crippen molar-refractivity contribution in [2.45, 2.75) is 25.0 Å². The molecule has 0 heterocycles. The number of nitrogens with one attached hydrogen (secondary N) is 1. The maximum atomic E-state index is 12.6. The maximum Gasteiger partial charge on any atom is 0.328 e. The predicted molar refractivity (Wildman–Crippen MR) is 94.9 cm³/mol. The van der Waals surface area contributed by atoms with Gasteiger partial charge in [0, 0.05) is 7.11 Å². The first-order valence-corrected chi connectivity index (χ1v) is 8.15. The van der Waals surface area contributed by atoms with Gasteiger partial charge in [0.1, 0.15) is 6.04 Å². The van der Waals surface area contributed by atoms with E-state index in [1.165, 1.54) is 14.2 Å². The van der Waals surface area contributed by atoms with Gasteiger partial charge in [0.05, 0.1) is 7.11 Å². The van der Waals surface area contributed by atoms with Gasteiger partial charge in [0.2, 0.25) is 0 Å². The van der Waals surface area contributed by atoms with Crippen molar-refractivity contribution in [3.8, 4) is 0 Å². The number of hydrogen-bond donors (Lipinski definition) is 1. The molecule has 0 spiro atoms. The van der Waals surface area contributed by atoms with Crippen molar-refractivity contribution in [1.82, 2.24) is 5.32 Å². The third-order valence-electron chi connectivity index (χ3n) is 3.94. The Balaban J connectivity index is 2.05. The number of hydrogen-bond acceptors (Lipinski definition) is 4. The minimum absolute atomic E-state index is 0.364. The third kappa shape index (κ3) is 5.43. The van der Waals surface area contributed by atoms with Crippen LogP contribution in [0.4, 0.5) is 0 Å². The number of benzene rings is 2. The molecule has 1 N–H and O–H groups in total. The van der Waals surface area contributed by atoms with Crippen LogP contribution < -0.4 is 5.32 Å². The van der Waals surface area contributed by atoms with Crippen LogP contribution in [0.15, 0.2) is 60.7 Å². The molecule has 0 aromatic heterocycles. The largest absolute Gasteiger partial charge is 0.467 e. The minimum Gasteiger partial charge on any atom is -0.467 e. The van der Waals surface area contributed by atoms with E-state index in [1.54, 1.807) is 0 Å². The van der Waals surface area contributed by atoms with E-state index >= 15 is 0 Å². The summed E-state index contributed by atoms with van der Waals surface area (Å²) < 4.78 is 10.1. The van der Waals surface area contributed by atoms with Gasteiger partial charge in [-0.1, -0.05) is 60.7 Å². The summed E-state index contributed by atoms with van der Waals surface area (Å²) in [6, 6.07) is 18.2. The molecule has 0 aliphatic rings. The maximum absolute atomic E-state index is 12.6. The summed E-state index contributed by atoms with van der Waals surface area (Å²) in [6.45, 7) is 0. The molecule has 0 aliphatic carbocycles. The number of aryl methyl sites for hydroxylation is 1. The molecule has 25 heavy (non-hydrogen) atoms. The molecule has 2 aromatic rings. The molecule has 2 aromatic carbocycles. The number of amides is 1. The van der Waals surface area contributed by atoms with Crippen LogP contribution in [0.25, 0.3) is 0 Å². The van der Waals surface area contributed by atoms with Gasteiger partial charge >= 0.3 is 5.97 Å². The van der Waals surface area contributed by atoms with Crippen LogP contribution in [0.3, 0.4) is 0 Å². The number of ether oxygens (including phenoxy) is 2. The molecule has 5 nitrogen and oxygen atoms in total. The standard InChI is InChI=1S/C20H23NO4/c1-24-18(16-11-7-4-8-12-16)19(22)21-17(20(23)25-2)14-13-15-9-5-3-6-10-15/h3-12,17-18H,13-14H2,1-2H3,(H,21,22)/t17-,18-/m1/s1. The van der Waals surface area contributed by atoms with E-state index < -0.39 is 18.1 Å². The molecule has 2 atom stereocenters. The van der Waals surface area contributed by atoms with Crippen LogP contribution in [0.5, 0.6) is 0 Å². The van der Waals surface area contributed by atoms with Gasteiger partial charge in [-0.15, -0.1) is 0 Å². The summed E-state index contributed by atoms with van der Waals surface area (Å²) in [5.41, 5.74) is 1.83. The fourth-order valence-electron chi connectivity index (χ4n) is 2.62. The van der Waals surface area contributed by atoms with Gasteiger partial charge in [-0.25, -0.2) is 4.79 Å². The summed E-state index contributed by atoms with van der Waals surface area (Å²) in [7, 11) is 2.78. The Labute approximate surface area is 148 Å². The zero-order chi connectivity index (χ0) is 18.1. The molecule has 0 saturated carbocycles. The monoisotopic (exact) mass is 341 g/mol. The fourth-order valence-corrected chi connectivity index (χ4v) is 2.62. The molecule has 0 aliphatic heterocycles. The first kappa shape index (κ1) is 18.7. The molecule has 132 valence electrons. The van der Waals surface area contributed by atoms with Crippen molar-refractivity contribution >= 4 is 11.9 Å². The van der Waals surface area contributed by atoms with Crippen molar-refractivity contribution in [2.75, 3.05) is 14.2 Å². The van der Waals surface area contributed by atoms with E-state index in [0.29, 0.717) is 12.8 Å². The second kappa shape index (κ2) is 9.59. The van der Waals surface area contributed by atoms with E-state index in [2.05, 4.69) is 5.32 Å². The lowest BCUT2D eigenvalue weighted by Crippen LogP contribution is -2.44. The van der Waals surface area contributed by atoms with Gasteiger partial charge in [-0.2, -0.15) is 0 Å². The summed E-state index contributed by atoms with van der Waals surface area (Å²) >= 11 is 0. The number of carbonyl (C=O) groups is 2. The SMILES string of the molecule is COC(=O)[C@@H](CCc1ccccc1)NC(=O)[C@H](OC)c1ccccc1. The van der Waals surface area contributed by atoms with Crippen molar-refractivity contribution in [3.05, 3.63) is 71.8 Å². The van der Waals surface area contributed by atoms with Crippen molar-refractivity contribution < 1.29 is 19.1 Å². The Morgan fingerprint density at radius 1 is 0.960 bits per heavy atom. The van der Waals surface area contributed by atoms with Gasteiger partial charge in [-0.3, -0.25) is 4.79 Å². The zero-order valence-electron chi connectivity index (χ0n) is 14.5. The van der Waals surface area contributed by atoms with Gasteiger partial charge < -0.3 is 14.8 Å². The van der Waals surface area contributed by atoms with Crippen molar-refractivity contribution in [2.24, 2.45) is 0 Å². The van der Waals surface area contributed by atoms with E-state index in [1.807, 2.05) is 60.7 Å². The van der Waals surface area contributed by atoms with Crippen molar-refractivity contribution in [3.63, 3.8) is 0 Å². The Morgan fingerprint density at radius 2 is 1.56 bits per heavy atom. The number of rotatable bonds is 8. The topological polar surface area (TPSA) is 64.6 Å². The lowest BCUT2D eigenvalue weighted by Gasteiger charge is -2.21. The predicted octanol–water partition coefficient (Wildman–Crippen LogP) is 2.66. The quantitative estimate of drug-likeness (QED) is 0.750. The highest BCUT2D eigenvalue weighted by Gasteiger charge is 2.26. The second-order valence-electron chi connectivity index (χ2n) is 5.64. The molecule has 1 amide bonds. The zero-order valence-corrected chi connectivity index (χ0v) is 14.5. The highest BCUT2D eigenvalue weighted by Crippen LogP contribution is 2.17. The average Bonchev–Trinajstić information content (AvgIpc) is 2.66. The molecule has 0 unspecified atom stereocenters. The lowest BCUT2D eigenvalue weighted by molar-refractivity contribution is -0.147. The Hall–Kier alpha value is -2.66. The molecule has 0 radical (unpaired) electrons. The third-order valence-corrected chi connectivity index (χ3v) is 3.94. The molecule has 0 bridgehead atoms. The molecule has 0 fully saturated rings. The van der Waals surface area contributed by atoms with Crippen LogP contribution in [0.2, 0.25) is 0 Å². The average molecular weight is 341 g/mol. The molecular formula is C20H23NO4. The van der Waals surface area contributed by atoms with Crippen LogP contribution in [-0.4, -0.2) is 32.1 Å². The van der Waals surface area contributed by atoms with E-state index in [0.717, 1.165) is 11.1 Å². The van der Waals surface area contributed by atoms with Crippen LogP contribution in [0.1, 0.15) is 23.7 Å². The van der Waals surface area contributed by atoms with E-state index in [4.69, 9.17) is 9.47 Å². The van der Waals surface area contributed by atoms with E-state index in [-0.39, 0.29) is 5.91 Å². The molecule has 5 heteroatoms. The number of methoxy groups -OCH3 is 2. The summed E-state index contributed by atoms with van der Waals surface area (Å²) in [6.07, 6.45) is 0.336. The van der Waals surface area contributed by atoms with Gasteiger partial charge in [-0.05, 0) is 24.0 Å². The Bertz CT molecular complexity index is 673. The van der Waals surface area contributed by atoms with Crippen LogP contribution >= 0.6 is 0 Å². The Morgan fingerprint density at radius 3 is 2.12 bits per heavy atom. The first-order valence-electron chi connectivity index (χ1n) is 8.15. The summed E-state index contributed by atoms with van der Waals surface area (Å²) in [5.74, 6) is -0.829. The first-order chi connectivity index (χ1) is 12.2. The van der Waals surface area contributed by atoms with Gasteiger partial charge in [0.25, 0.3) is 5.91 Å². The molecule has 0 saturated heterocycles. The van der Waals surface area contributed by atoms with Crippen LogP contribution in [0, 0.1) is 0 Å². The summed E-state index contributed by atoms with van der Waals surface area (Å²) in [4.78, 5) is 24.6. The normalized spacial score (nSPS) is 12.9. The second-order valence-corrected chi connectivity index (χ2v) is 5.64. The number of carbonyl (C=O) groups excluding carboxylic acids is 2.